The van der Waals surface area contributed by atoms with Gasteiger partial charge >= 0.3 is 17.9 Å². The molecule has 6 aromatic heterocycles. The maximum Gasteiger partial charge on any atom is 0.322 e. The topological polar surface area (TPSA) is 365 Å². The summed E-state index contributed by atoms with van der Waals surface area (Å²) in [7, 11) is 0. The first-order valence-corrected chi connectivity index (χ1v) is 27.3. The van der Waals surface area contributed by atoms with Crippen LogP contribution in [-0.4, -0.2) is 115 Å². The Balaban J connectivity index is 0.000000136. The van der Waals surface area contributed by atoms with E-state index >= 15 is 0 Å². The van der Waals surface area contributed by atoms with Crippen molar-refractivity contribution in [2.75, 3.05) is 19.6 Å². The van der Waals surface area contributed by atoms with E-state index in [0.29, 0.717) is 71.6 Å². The Labute approximate surface area is 466 Å². The molecular formula is C54H45N9O15S3. The monoisotopic (exact) mass is 1160 g/mol. The number of hydrogen-bond acceptors (Lipinski definition) is 18. The van der Waals surface area contributed by atoms with Crippen molar-refractivity contribution in [3.05, 3.63) is 169 Å². The van der Waals surface area contributed by atoms with Crippen LogP contribution in [0.4, 0.5) is 0 Å². The van der Waals surface area contributed by atoms with Gasteiger partial charge in [0.1, 0.15) is 53.6 Å². The third-order valence-electron chi connectivity index (χ3n) is 14.1. The molecular weight excluding hydrogens is 1110 g/mol. The van der Waals surface area contributed by atoms with Crippen LogP contribution in [0.2, 0.25) is 0 Å². The standard InChI is InChI=1S/3C18H15N3O5S/c3*22-13(23)6-20-17(25)14-16(24)11-3-1-2-9-4-10(12-5-19-8-27-12)7-21(15(9)11)18(14)26/h3*1-3,5,8,10,24H,4,6-7H2,(H,20,25)(H,22,23). The minimum Gasteiger partial charge on any atom is -0.506 e. The van der Waals surface area contributed by atoms with Crippen molar-refractivity contribution < 1.29 is 59.4 Å². The summed E-state index contributed by atoms with van der Waals surface area (Å²) in [5.41, 5.74) is 6.51. The van der Waals surface area contributed by atoms with Crippen LogP contribution in [0.3, 0.4) is 0 Å². The first-order chi connectivity index (χ1) is 38.9. The van der Waals surface area contributed by atoms with Crippen LogP contribution >= 0.6 is 34.0 Å². The zero-order valence-electron chi connectivity index (χ0n) is 42.0. The molecule has 9 heterocycles. The SMILES string of the molecule is O=C(O)CNC(=O)c1c(O)c2cccc3c2n(c1=O)CC(c1cncs1)C3.O=C(O)CNC(=O)c1c(O)c2cccc3c2n(c1=O)CC(c1cncs1)C3.O=C(O)CNC(=O)c1c(O)c2cccc3c2n(c1=O)CC(c1cncs1)C3. The fourth-order valence-electron chi connectivity index (χ4n) is 10.6. The molecule has 9 N–H and O–H groups in total. The van der Waals surface area contributed by atoms with Crippen LogP contribution in [0, 0.1) is 0 Å². The van der Waals surface area contributed by atoms with Gasteiger partial charge in [0.05, 0.1) is 33.1 Å². The van der Waals surface area contributed by atoms with E-state index < -0.39 is 106 Å². The molecule has 0 fully saturated rings. The van der Waals surface area contributed by atoms with Crippen molar-refractivity contribution in [1.29, 1.82) is 0 Å². The van der Waals surface area contributed by atoms with Gasteiger partial charge < -0.3 is 60.3 Å². The highest BCUT2D eigenvalue weighted by Crippen LogP contribution is 2.40. The summed E-state index contributed by atoms with van der Waals surface area (Å²) >= 11 is 4.51. The zero-order valence-corrected chi connectivity index (χ0v) is 44.5. The molecule has 0 aliphatic carbocycles. The van der Waals surface area contributed by atoms with Crippen molar-refractivity contribution >= 4 is 102 Å². The lowest BCUT2D eigenvalue weighted by Gasteiger charge is -2.27. The number of aromatic nitrogens is 6. The van der Waals surface area contributed by atoms with Gasteiger partial charge in [-0.1, -0.05) is 36.4 Å². The number of amides is 3. The van der Waals surface area contributed by atoms with Crippen LogP contribution < -0.4 is 32.6 Å². The summed E-state index contributed by atoms with van der Waals surface area (Å²) in [4.78, 5) is 124. The number of thiazole rings is 3. The first kappa shape index (κ1) is 54.7. The molecule has 9 aromatic rings. The zero-order chi connectivity index (χ0) is 57.4. The number of carbonyl (C=O) groups excluding carboxylic acids is 3. The Hall–Kier alpha value is -9.60. The maximum atomic E-state index is 13.0. The summed E-state index contributed by atoms with van der Waals surface area (Å²) < 4.78 is 4.48. The molecule has 3 atom stereocenters. The molecule has 12 rings (SSSR count). The van der Waals surface area contributed by atoms with E-state index in [9.17, 15) is 58.5 Å². The molecule has 3 aliphatic rings. The molecule has 3 aliphatic heterocycles. The van der Waals surface area contributed by atoms with Crippen molar-refractivity contribution in [1.82, 2.24) is 44.6 Å². The van der Waals surface area contributed by atoms with E-state index in [-0.39, 0.29) is 17.8 Å². The number of carboxylic acids is 3. The molecule has 3 unspecified atom stereocenters. The predicted octanol–water partition coefficient (Wildman–Crippen LogP) is 3.95. The Bertz CT molecular complexity index is 3790. The Morgan fingerprint density at radius 2 is 0.728 bits per heavy atom. The highest BCUT2D eigenvalue weighted by molar-refractivity contribution is 7.10. The summed E-state index contributed by atoms with van der Waals surface area (Å²) in [6, 6.07) is 15.9. The molecule has 0 saturated carbocycles. The largest absolute Gasteiger partial charge is 0.506 e. The Morgan fingerprint density at radius 1 is 0.457 bits per heavy atom. The normalized spacial score (nSPS) is 15.6. The number of nitrogens with one attached hydrogen (secondary N) is 3. The second kappa shape index (κ2) is 22.6. The average Bonchev–Trinajstić information content (AvgIpc) is 3.71. The second-order valence-electron chi connectivity index (χ2n) is 19.0. The maximum absolute atomic E-state index is 13.0. The third-order valence-corrected chi connectivity index (χ3v) is 16.9. The Morgan fingerprint density at radius 3 is 0.963 bits per heavy atom. The third kappa shape index (κ3) is 10.6. The molecule has 3 amide bonds. The number of aliphatic carboxylic acids is 3. The van der Waals surface area contributed by atoms with E-state index in [0.717, 1.165) is 31.3 Å². The average molecular weight is 1160 g/mol. The van der Waals surface area contributed by atoms with Crippen LogP contribution in [0.25, 0.3) is 32.7 Å². The van der Waals surface area contributed by atoms with Gasteiger partial charge in [0, 0.05) is 86.8 Å². The van der Waals surface area contributed by atoms with Crippen molar-refractivity contribution in [2.24, 2.45) is 0 Å². The van der Waals surface area contributed by atoms with E-state index in [1.165, 1.54) is 47.7 Å². The minimum atomic E-state index is -1.24. The number of benzene rings is 3. The van der Waals surface area contributed by atoms with Crippen LogP contribution in [0.1, 0.15) is 80.1 Å². The molecule has 81 heavy (non-hydrogen) atoms. The molecule has 0 bridgehead atoms. The second-order valence-corrected chi connectivity index (χ2v) is 21.8. The number of hydrogen-bond donors (Lipinski definition) is 9. The molecule has 414 valence electrons. The molecule has 0 saturated heterocycles. The molecule has 27 heteroatoms. The van der Waals surface area contributed by atoms with Gasteiger partial charge in [-0.2, -0.15) is 0 Å². The quantitative estimate of drug-likeness (QED) is 0.0836. The van der Waals surface area contributed by atoms with Crippen molar-refractivity contribution in [2.45, 2.75) is 56.7 Å². The molecule has 24 nitrogen and oxygen atoms in total. The smallest absolute Gasteiger partial charge is 0.322 e. The molecule has 3 aromatic carbocycles. The van der Waals surface area contributed by atoms with E-state index in [2.05, 4.69) is 30.9 Å². The number of rotatable bonds is 12. The van der Waals surface area contributed by atoms with Crippen molar-refractivity contribution in [3.63, 3.8) is 0 Å². The lowest BCUT2D eigenvalue weighted by atomic mass is 9.91. The van der Waals surface area contributed by atoms with Gasteiger partial charge in [-0.25, -0.2) is 0 Å². The van der Waals surface area contributed by atoms with Crippen LogP contribution in [-0.2, 0) is 53.3 Å². The highest BCUT2D eigenvalue weighted by atomic mass is 32.1. The van der Waals surface area contributed by atoms with E-state index in [1.54, 1.807) is 71.5 Å². The summed E-state index contributed by atoms with van der Waals surface area (Å²) in [5.74, 6) is -7.60. The summed E-state index contributed by atoms with van der Waals surface area (Å²) in [5, 5.41) is 65.5. The van der Waals surface area contributed by atoms with Gasteiger partial charge in [0.2, 0.25) is 0 Å². The lowest BCUT2D eigenvalue weighted by Crippen LogP contribution is -2.37. The van der Waals surface area contributed by atoms with Gasteiger partial charge in [0.25, 0.3) is 34.4 Å². The van der Waals surface area contributed by atoms with Gasteiger partial charge in [0.15, 0.2) is 0 Å². The number of nitrogens with zero attached hydrogens (tertiary/aromatic N) is 6. The van der Waals surface area contributed by atoms with Crippen molar-refractivity contribution in [3.8, 4) is 17.2 Å². The highest BCUT2D eigenvalue weighted by Gasteiger charge is 2.33. The predicted molar refractivity (Wildman–Crippen MR) is 295 cm³/mol. The van der Waals surface area contributed by atoms with E-state index in [4.69, 9.17) is 15.3 Å². The number of carbonyl (C=O) groups is 6. The van der Waals surface area contributed by atoms with Gasteiger partial charge in [-0.15, -0.1) is 34.0 Å². The minimum absolute atomic E-state index is 0.0350. The number of pyridine rings is 3. The number of aromatic hydroxyl groups is 3. The van der Waals surface area contributed by atoms with Crippen LogP contribution in [0.15, 0.2) is 104 Å². The lowest BCUT2D eigenvalue weighted by molar-refractivity contribution is -0.136. The first-order valence-electron chi connectivity index (χ1n) is 24.7. The van der Waals surface area contributed by atoms with Crippen LogP contribution in [0.5, 0.6) is 17.2 Å². The Kier molecular flexibility index (Phi) is 15.3. The number of carboxylic acid groups (broad SMARTS) is 3. The summed E-state index contributed by atoms with van der Waals surface area (Å²) in [6.45, 7) is -0.853. The molecule has 0 radical (unpaired) electrons. The van der Waals surface area contributed by atoms with Gasteiger partial charge in [-0.05, 0) is 54.2 Å². The fraction of sp³-hybridized carbons (Fsp3) is 0.222. The summed E-state index contributed by atoms with van der Waals surface area (Å²) in [6.07, 6.45) is 7.40. The number of para-hydroxylation sites is 3. The fourth-order valence-corrected chi connectivity index (χ4v) is 12.7. The van der Waals surface area contributed by atoms with Gasteiger partial charge in [-0.3, -0.25) is 58.1 Å². The van der Waals surface area contributed by atoms with E-state index in [1.807, 2.05) is 18.2 Å². The molecule has 0 spiro atoms.